The number of hydrogen-bond acceptors (Lipinski definition) is 5. The van der Waals surface area contributed by atoms with Crippen molar-refractivity contribution in [3.63, 3.8) is 0 Å². The molecule has 0 aromatic carbocycles. The lowest BCUT2D eigenvalue weighted by molar-refractivity contribution is 0.155. The van der Waals surface area contributed by atoms with Crippen LogP contribution in [-0.4, -0.2) is 28.5 Å². The molecule has 98 valence electrons. The molecule has 0 aliphatic rings. The standard InChI is InChI=1S/C12H18N4O2/c1-9-4-5-11(18-9)10(7-17-3)13-6-12-15-14-8-16(12)2/h4-5,8,10,13H,6-7H2,1-3H3/t10-/m1/s1. The monoisotopic (exact) mass is 250 g/mol. The first-order valence-electron chi connectivity index (χ1n) is 5.82. The number of aryl methyl sites for hydroxylation is 2. The fourth-order valence-electron chi connectivity index (χ4n) is 1.73. The Labute approximate surface area is 106 Å². The SMILES string of the molecule is COC[C@@H](NCc1nncn1C)c1ccc(C)o1. The molecule has 2 aromatic rings. The number of rotatable bonds is 6. The van der Waals surface area contributed by atoms with Crippen LogP contribution in [0, 0.1) is 6.92 Å². The Morgan fingerprint density at radius 3 is 2.89 bits per heavy atom. The van der Waals surface area contributed by atoms with E-state index in [4.69, 9.17) is 9.15 Å². The average Bonchev–Trinajstić information content (AvgIpc) is 2.94. The first kappa shape index (κ1) is 12.8. The van der Waals surface area contributed by atoms with Gasteiger partial charge in [-0.3, -0.25) is 5.32 Å². The van der Waals surface area contributed by atoms with E-state index in [1.807, 2.05) is 30.7 Å². The summed E-state index contributed by atoms with van der Waals surface area (Å²) in [6.45, 7) is 3.09. The van der Waals surface area contributed by atoms with E-state index in [1.54, 1.807) is 13.4 Å². The summed E-state index contributed by atoms with van der Waals surface area (Å²) in [5, 5.41) is 11.2. The molecule has 2 heterocycles. The molecule has 0 radical (unpaired) electrons. The highest BCUT2D eigenvalue weighted by Gasteiger charge is 2.15. The number of methoxy groups -OCH3 is 1. The van der Waals surface area contributed by atoms with Crippen LogP contribution in [0.2, 0.25) is 0 Å². The highest BCUT2D eigenvalue weighted by molar-refractivity contribution is 5.10. The minimum absolute atomic E-state index is 0.0143. The molecule has 0 saturated heterocycles. The molecule has 0 saturated carbocycles. The lowest BCUT2D eigenvalue weighted by Crippen LogP contribution is -2.25. The van der Waals surface area contributed by atoms with Crippen molar-refractivity contribution in [3.05, 3.63) is 35.8 Å². The Morgan fingerprint density at radius 2 is 2.33 bits per heavy atom. The molecule has 0 bridgehead atoms. The zero-order valence-electron chi connectivity index (χ0n) is 10.9. The minimum atomic E-state index is 0.0143. The van der Waals surface area contributed by atoms with Gasteiger partial charge in [-0.25, -0.2) is 0 Å². The van der Waals surface area contributed by atoms with Crippen molar-refractivity contribution >= 4 is 0 Å². The second-order valence-corrected chi connectivity index (χ2v) is 4.20. The van der Waals surface area contributed by atoms with E-state index >= 15 is 0 Å². The molecule has 0 unspecified atom stereocenters. The Kier molecular flexibility index (Phi) is 4.11. The normalized spacial score (nSPS) is 12.8. The molecule has 1 N–H and O–H groups in total. The number of nitrogens with one attached hydrogen (secondary N) is 1. The van der Waals surface area contributed by atoms with Crippen molar-refractivity contribution in [2.45, 2.75) is 19.5 Å². The third-order valence-corrected chi connectivity index (χ3v) is 2.75. The maximum Gasteiger partial charge on any atom is 0.146 e. The Morgan fingerprint density at radius 1 is 1.50 bits per heavy atom. The van der Waals surface area contributed by atoms with Crippen LogP contribution < -0.4 is 5.32 Å². The van der Waals surface area contributed by atoms with E-state index in [0.29, 0.717) is 13.2 Å². The van der Waals surface area contributed by atoms with E-state index in [2.05, 4.69) is 15.5 Å². The molecular weight excluding hydrogens is 232 g/mol. The molecule has 18 heavy (non-hydrogen) atoms. The lowest BCUT2D eigenvalue weighted by Gasteiger charge is -2.15. The van der Waals surface area contributed by atoms with Gasteiger partial charge >= 0.3 is 0 Å². The molecule has 0 aliphatic carbocycles. The molecule has 6 heteroatoms. The Hall–Kier alpha value is -1.66. The van der Waals surface area contributed by atoms with Crippen molar-refractivity contribution in [3.8, 4) is 0 Å². The maximum atomic E-state index is 5.61. The number of hydrogen-bond donors (Lipinski definition) is 1. The van der Waals surface area contributed by atoms with Gasteiger partial charge in [-0.05, 0) is 19.1 Å². The van der Waals surface area contributed by atoms with Gasteiger partial charge in [-0.1, -0.05) is 0 Å². The average molecular weight is 250 g/mol. The predicted octanol–water partition coefficient (Wildman–Crippen LogP) is 1.19. The first-order chi connectivity index (χ1) is 8.70. The smallest absolute Gasteiger partial charge is 0.146 e. The maximum absolute atomic E-state index is 5.61. The molecule has 0 spiro atoms. The zero-order valence-corrected chi connectivity index (χ0v) is 10.9. The molecule has 0 amide bonds. The number of nitrogens with zero attached hydrogens (tertiary/aromatic N) is 3. The second kappa shape index (κ2) is 5.79. The summed E-state index contributed by atoms with van der Waals surface area (Å²) in [7, 11) is 3.59. The summed E-state index contributed by atoms with van der Waals surface area (Å²) >= 11 is 0. The third-order valence-electron chi connectivity index (χ3n) is 2.75. The first-order valence-corrected chi connectivity index (χ1v) is 5.82. The van der Waals surface area contributed by atoms with Crippen LogP contribution in [0.1, 0.15) is 23.4 Å². The predicted molar refractivity (Wildman–Crippen MR) is 65.9 cm³/mol. The number of ether oxygens (including phenoxy) is 1. The second-order valence-electron chi connectivity index (χ2n) is 4.20. The topological polar surface area (TPSA) is 65.1 Å². The van der Waals surface area contributed by atoms with Crippen LogP contribution in [0.4, 0.5) is 0 Å². The van der Waals surface area contributed by atoms with Gasteiger partial charge in [0.25, 0.3) is 0 Å². The molecule has 2 rings (SSSR count). The van der Waals surface area contributed by atoms with Crippen LogP contribution in [-0.2, 0) is 18.3 Å². The largest absolute Gasteiger partial charge is 0.465 e. The molecular formula is C12H18N4O2. The van der Waals surface area contributed by atoms with Gasteiger partial charge in [0, 0.05) is 14.2 Å². The number of aromatic nitrogens is 3. The summed E-state index contributed by atoms with van der Waals surface area (Å²) in [5.74, 6) is 2.64. The fourth-order valence-corrected chi connectivity index (χ4v) is 1.73. The minimum Gasteiger partial charge on any atom is -0.465 e. The third kappa shape index (κ3) is 2.96. The lowest BCUT2D eigenvalue weighted by atomic mass is 10.2. The van der Waals surface area contributed by atoms with Crippen LogP contribution >= 0.6 is 0 Å². The van der Waals surface area contributed by atoms with E-state index in [-0.39, 0.29) is 6.04 Å². The summed E-state index contributed by atoms with van der Waals surface area (Å²) in [6.07, 6.45) is 1.68. The van der Waals surface area contributed by atoms with E-state index in [0.717, 1.165) is 17.3 Å². The zero-order chi connectivity index (χ0) is 13.0. The van der Waals surface area contributed by atoms with E-state index < -0.39 is 0 Å². The molecule has 2 aromatic heterocycles. The van der Waals surface area contributed by atoms with E-state index in [9.17, 15) is 0 Å². The highest BCUT2D eigenvalue weighted by atomic mass is 16.5. The van der Waals surface area contributed by atoms with Crippen LogP contribution in [0.3, 0.4) is 0 Å². The van der Waals surface area contributed by atoms with Crippen molar-refractivity contribution < 1.29 is 9.15 Å². The van der Waals surface area contributed by atoms with Crippen molar-refractivity contribution in [1.82, 2.24) is 20.1 Å². The van der Waals surface area contributed by atoms with Gasteiger partial charge in [-0.15, -0.1) is 10.2 Å². The van der Waals surface area contributed by atoms with Crippen molar-refractivity contribution in [1.29, 1.82) is 0 Å². The molecule has 6 nitrogen and oxygen atoms in total. The fraction of sp³-hybridized carbons (Fsp3) is 0.500. The quantitative estimate of drug-likeness (QED) is 0.834. The summed E-state index contributed by atoms with van der Waals surface area (Å²) in [4.78, 5) is 0. The summed E-state index contributed by atoms with van der Waals surface area (Å²) < 4.78 is 12.7. The van der Waals surface area contributed by atoms with Gasteiger partial charge in [0.05, 0.1) is 19.2 Å². The highest BCUT2D eigenvalue weighted by Crippen LogP contribution is 2.17. The van der Waals surface area contributed by atoms with Gasteiger partial charge in [0.2, 0.25) is 0 Å². The van der Waals surface area contributed by atoms with Crippen molar-refractivity contribution in [2.75, 3.05) is 13.7 Å². The van der Waals surface area contributed by atoms with Gasteiger partial charge in [0.15, 0.2) is 0 Å². The molecule has 0 aliphatic heterocycles. The Bertz CT molecular complexity index is 492. The van der Waals surface area contributed by atoms with Crippen LogP contribution in [0.25, 0.3) is 0 Å². The number of furan rings is 1. The van der Waals surface area contributed by atoms with Crippen LogP contribution in [0.15, 0.2) is 22.9 Å². The van der Waals surface area contributed by atoms with Gasteiger partial charge in [0.1, 0.15) is 23.7 Å². The Balaban J connectivity index is 2.01. The molecule has 0 fully saturated rings. The summed E-state index contributed by atoms with van der Waals surface area (Å²) in [6, 6.07) is 3.92. The van der Waals surface area contributed by atoms with Gasteiger partial charge in [-0.2, -0.15) is 0 Å². The summed E-state index contributed by atoms with van der Waals surface area (Å²) in [5.41, 5.74) is 0. The van der Waals surface area contributed by atoms with Crippen LogP contribution in [0.5, 0.6) is 0 Å². The van der Waals surface area contributed by atoms with E-state index in [1.165, 1.54) is 0 Å². The van der Waals surface area contributed by atoms with Crippen molar-refractivity contribution in [2.24, 2.45) is 7.05 Å². The van der Waals surface area contributed by atoms with Gasteiger partial charge < -0.3 is 13.7 Å². The molecule has 1 atom stereocenters.